The second-order valence-corrected chi connectivity index (χ2v) is 16.9. The Balaban J connectivity index is 1.32. The van der Waals surface area contributed by atoms with Gasteiger partial charge in [-0.1, -0.05) is 42.7 Å². The average molecular weight is 678 g/mol. The lowest BCUT2D eigenvalue weighted by molar-refractivity contribution is 0.0521. The van der Waals surface area contributed by atoms with E-state index in [4.69, 9.17) is 16.3 Å². The molecule has 0 radical (unpaired) electrons. The number of hydrogen-bond acceptors (Lipinski definition) is 8. The van der Waals surface area contributed by atoms with E-state index in [0.29, 0.717) is 29.5 Å². The number of ether oxygens (including phenoxy) is 1. The number of aryl methyl sites for hydroxylation is 1. The predicted octanol–water partition coefficient (Wildman–Crippen LogP) is 8.95. The molecule has 2 atom stereocenters. The van der Waals surface area contributed by atoms with Crippen molar-refractivity contribution in [2.24, 2.45) is 11.8 Å². The maximum Gasteiger partial charge on any atom is 0.229 e. The molecule has 10 heteroatoms. The zero-order valence-corrected chi connectivity index (χ0v) is 30.0. The van der Waals surface area contributed by atoms with Crippen molar-refractivity contribution >= 4 is 50.2 Å². The van der Waals surface area contributed by atoms with Gasteiger partial charge in [-0.05, 0) is 127 Å². The van der Waals surface area contributed by atoms with Gasteiger partial charge in [-0.25, -0.2) is 13.4 Å². The number of sulfone groups is 1. The van der Waals surface area contributed by atoms with Gasteiger partial charge in [-0.15, -0.1) is 0 Å². The van der Waals surface area contributed by atoms with Crippen molar-refractivity contribution < 1.29 is 13.2 Å². The molecule has 0 spiro atoms. The van der Waals surface area contributed by atoms with Crippen LogP contribution in [0.15, 0.2) is 53.6 Å². The van der Waals surface area contributed by atoms with E-state index in [1.54, 1.807) is 38.1 Å². The van der Waals surface area contributed by atoms with Crippen LogP contribution in [0, 0.1) is 18.8 Å². The van der Waals surface area contributed by atoms with Crippen LogP contribution in [0.4, 0.5) is 23.1 Å². The Labute approximate surface area is 285 Å². The molecule has 2 unspecified atom stereocenters. The first kappa shape index (κ1) is 33.7. The van der Waals surface area contributed by atoms with Crippen molar-refractivity contribution in [2.75, 3.05) is 17.7 Å². The van der Waals surface area contributed by atoms with Crippen molar-refractivity contribution in [3.8, 4) is 5.75 Å². The van der Waals surface area contributed by atoms with Crippen LogP contribution in [-0.2, 0) is 9.84 Å². The number of hydrogen-bond donors (Lipinski definition) is 2. The molecule has 6 rings (SSSR count). The third kappa shape index (κ3) is 7.03. The van der Waals surface area contributed by atoms with Gasteiger partial charge in [-0.3, -0.25) is 4.90 Å². The molecule has 0 amide bonds. The van der Waals surface area contributed by atoms with Gasteiger partial charge >= 0.3 is 0 Å². The third-order valence-corrected chi connectivity index (χ3v) is 12.7. The average Bonchev–Trinajstić information content (AvgIpc) is 2.96. The number of nitrogens with one attached hydrogen (secondary N) is 2. The lowest BCUT2D eigenvalue weighted by atomic mass is 9.70. The molecule has 8 nitrogen and oxygen atoms in total. The Kier molecular flexibility index (Phi) is 9.89. The molecule has 2 N–H and O–H groups in total. The fourth-order valence-corrected chi connectivity index (χ4v) is 8.41. The molecule has 2 fully saturated rings. The first-order chi connectivity index (χ1) is 22.4. The van der Waals surface area contributed by atoms with Crippen molar-refractivity contribution in [3.05, 3.63) is 64.8 Å². The van der Waals surface area contributed by atoms with E-state index >= 15 is 0 Å². The third-order valence-electron chi connectivity index (χ3n) is 10.2. The smallest absolute Gasteiger partial charge is 0.229 e. The molecule has 0 bridgehead atoms. The minimum atomic E-state index is -3.54. The van der Waals surface area contributed by atoms with Crippen LogP contribution < -0.4 is 15.4 Å². The van der Waals surface area contributed by atoms with Crippen LogP contribution >= 0.6 is 11.6 Å². The van der Waals surface area contributed by atoms with Gasteiger partial charge in [0.05, 0.1) is 33.8 Å². The summed E-state index contributed by atoms with van der Waals surface area (Å²) < 4.78 is 32.5. The van der Waals surface area contributed by atoms with E-state index in [1.807, 2.05) is 13.8 Å². The van der Waals surface area contributed by atoms with Gasteiger partial charge in [0, 0.05) is 12.1 Å². The summed E-state index contributed by atoms with van der Waals surface area (Å²) in [5.74, 6) is 2.88. The van der Waals surface area contributed by atoms with Crippen LogP contribution in [0.25, 0.3) is 5.57 Å². The Hall–Kier alpha value is -3.14. The van der Waals surface area contributed by atoms with Crippen LogP contribution in [0.2, 0.25) is 5.02 Å². The molecule has 1 aliphatic heterocycles. The molecule has 2 heterocycles. The summed E-state index contributed by atoms with van der Waals surface area (Å²) in [7, 11) is -1.19. The van der Waals surface area contributed by atoms with Gasteiger partial charge in [0.15, 0.2) is 15.7 Å². The second-order valence-electron chi connectivity index (χ2n) is 14.1. The highest BCUT2D eigenvalue weighted by Gasteiger charge is 2.40. The Morgan fingerprint density at radius 3 is 2.32 bits per heavy atom. The molecule has 0 saturated heterocycles. The summed E-state index contributed by atoms with van der Waals surface area (Å²) in [5.41, 5.74) is 5.01. The van der Waals surface area contributed by atoms with E-state index in [9.17, 15) is 8.42 Å². The Morgan fingerprint density at radius 1 is 0.979 bits per heavy atom. The van der Waals surface area contributed by atoms with E-state index in [0.717, 1.165) is 29.7 Å². The van der Waals surface area contributed by atoms with E-state index < -0.39 is 15.1 Å². The molecule has 2 aromatic carbocycles. The number of aromatic nitrogens is 2. The minimum Gasteiger partial charge on any atom is -0.489 e. The largest absolute Gasteiger partial charge is 0.489 e. The topological polar surface area (TPSA) is 96.5 Å². The summed E-state index contributed by atoms with van der Waals surface area (Å²) in [6, 6.07) is 12.2. The zero-order valence-electron chi connectivity index (χ0n) is 28.4. The highest BCUT2D eigenvalue weighted by molar-refractivity contribution is 7.92. The van der Waals surface area contributed by atoms with Gasteiger partial charge in [-0.2, -0.15) is 4.98 Å². The quantitative estimate of drug-likeness (QED) is 0.208. The second kappa shape index (κ2) is 13.8. The van der Waals surface area contributed by atoms with Crippen molar-refractivity contribution in [3.63, 3.8) is 0 Å². The number of benzene rings is 2. The van der Waals surface area contributed by atoms with Crippen LogP contribution in [0.3, 0.4) is 0 Å². The monoisotopic (exact) mass is 677 g/mol. The number of rotatable bonds is 11. The minimum absolute atomic E-state index is 0.0363. The molecule has 1 aromatic heterocycles. The Morgan fingerprint density at radius 2 is 1.68 bits per heavy atom. The van der Waals surface area contributed by atoms with Crippen LogP contribution in [0.1, 0.15) is 83.8 Å². The summed E-state index contributed by atoms with van der Waals surface area (Å²) >= 11 is 6.52. The zero-order chi connectivity index (χ0) is 33.5. The van der Waals surface area contributed by atoms with E-state index in [1.165, 1.54) is 61.4 Å². The van der Waals surface area contributed by atoms with Crippen molar-refractivity contribution in [2.45, 2.75) is 108 Å². The summed E-state index contributed by atoms with van der Waals surface area (Å²) in [4.78, 5) is 12.0. The fraction of sp³-hybridized carbons (Fsp3) is 0.514. The normalized spacial score (nSPS) is 20.9. The molecule has 2 aliphatic carbocycles. The highest BCUT2D eigenvalue weighted by atomic mass is 35.5. The van der Waals surface area contributed by atoms with Crippen molar-refractivity contribution in [1.82, 2.24) is 14.9 Å². The van der Waals surface area contributed by atoms with Gasteiger partial charge in [0.25, 0.3) is 0 Å². The van der Waals surface area contributed by atoms with Crippen molar-refractivity contribution in [1.29, 1.82) is 0 Å². The number of nitrogens with zero attached hydrogens (tertiary/aromatic N) is 3. The molecule has 3 aromatic rings. The van der Waals surface area contributed by atoms with Gasteiger partial charge in [0.2, 0.25) is 5.95 Å². The predicted molar refractivity (Wildman–Crippen MR) is 192 cm³/mol. The van der Waals surface area contributed by atoms with Crippen LogP contribution in [0.5, 0.6) is 5.75 Å². The molecule has 2 saturated carbocycles. The van der Waals surface area contributed by atoms with Gasteiger partial charge < -0.3 is 15.4 Å². The highest BCUT2D eigenvalue weighted by Crippen LogP contribution is 2.46. The van der Waals surface area contributed by atoms with E-state index in [-0.39, 0.29) is 16.0 Å². The molecule has 47 heavy (non-hydrogen) atoms. The lowest BCUT2D eigenvalue weighted by Gasteiger charge is -2.49. The number of para-hydroxylation sites is 1. The van der Waals surface area contributed by atoms with Crippen LogP contribution in [-0.4, -0.2) is 53.8 Å². The number of halogens is 1. The maximum absolute atomic E-state index is 13.1. The molecule has 3 aliphatic rings. The summed E-state index contributed by atoms with van der Waals surface area (Å²) in [6.07, 6.45) is 13.1. The number of anilines is 4. The summed E-state index contributed by atoms with van der Waals surface area (Å²) in [5, 5.41) is 6.21. The lowest BCUT2D eigenvalue weighted by Crippen LogP contribution is -2.51. The SMILES string of the molecule is Cc1cc(Nc2ncc(Cl)c(Nc3ccccc3S(=O)(=O)C(C)C)n2)c(OC(C)C)cc1C1=CC(C2CCC2)N(C)C(C2CCC2)C1. The Bertz CT molecular complexity index is 1750. The first-order valence-electron chi connectivity index (χ1n) is 17.1. The summed E-state index contributed by atoms with van der Waals surface area (Å²) in [6.45, 7) is 9.55. The molecule has 252 valence electrons. The standard InChI is InChI=1S/C37H48ClN5O3S/c1-22(2)46-34-20-28(27-18-32(25-11-9-12-25)43(6)33(19-27)26-13-10-14-26)24(5)17-31(34)41-37-39-21-29(38)36(42-37)40-30-15-7-8-16-35(30)47(44,45)23(3)4/h7-8,15-18,20-23,25-26,32-33H,9-14,19H2,1-6H3,(H2,39,40,41,42). The van der Waals surface area contributed by atoms with Gasteiger partial charge in [0.1, 0.15) is 10.8 Å². The molecular formula is C37H48ClN5O3S. The number of likely N-dealkylation sites (N-methyl/N-ethyl adjacent to an activating group) is 1. The van der Waals surface area contributed by atoms with E-state index in [2.05, 4.69) is 57.7 Å². The first-order valence-corrected chi connectivity index (χ1v) is 19.0. The maximum atomic E-state index is 13.1. The fourth-order valence-electron chi connectivity index (χ4n) is 7.07. The molecular weight excluding hydrogens is 630 g/mol.